The maximum atomic E-state index is 12.1. The van der Waals surface area contributed by atoms with Crippen molar-refractivity contribution in [2.24, 2.45) is 16.8 Å². The summed E-state index contributed by atoms with van der Waals surface area (Å²) in [6.07, 6.45) is 1.81. The van der Waals surface area contributed by atoms with Gasteiger partial charge in [0, 0.05) is 5.02 Å². The van der Waals surface area contributed by atoms with Gasteiger partial charge in [-0.1, -0.05) is 16.8 Å². The minimum Gasteiger partial charge on any atom is -0.507 e. The lowest BCUT2D eigenvalue weighted by atomic mass is 10.1. The Morgan fingerprint density at radius 3 is 2.79 bits per heavy atom. The largest absolute Gasteiger partial charge is 0.507 e. The summed E-state index contributed by atoms with van der Waals surface area (Å²) in [7, 11) is 0. The highest BCUT2D eigenvalue weighted by atomic mass is 35.5. The third kappa shape index (κ3) is 3.08. The van der Waals surface area contributed by atoms with Gasteiger partial charge >= 0.3 is 0 Å². The molecule has 1 aromatic carbocycles. The third-order valence-corrected chi connectivity index (χ3v) is 3.25. The second kappa shape index (κ2) is 5.36. The summed E-state index contributed by atoms with van der Waals surface area (Å²) in [5.74, 6) is -0.557. The average molecular weight is 284 g/mol. The van der Waals surface area contributed by atoms with Crippen LogP contribution in [-0.2, 0) is 0 Å². The van der Waals surface area contributed by atoms with Gasteiger partial charge in [-0.05, 0) is 37.0 Å². The molecule has 1 fully saturated rings. The van der Waals surface area contributed by atoms with E-state index < -0.39 is 11.9 Å². The quantitative estimate of drug-likeness (QED) is 0.289. The Hall–Kier alpha value is -1.95. The van der Waals surface area contributed by atoms with Crippen LogP contribution in [0.5, 0.6) is 5.75 Å². The van der Waals surface area contributed by atoms with Crippen LogP contribution in [0.15, 0.2) is 23.4 Å². The van der Waals surface area contributed by atoms with Crippen LogP contribution < -0.4 is 11.1 Å². The molecule has 1 amide bonds. The van der Waals surface area contributed by atoms with Crippen LogP contribution >= 0.6 is 11.6 Å². The minimum atomic E-state index is -0.532. The van der Waals surface area contributed by atoms with Crippen molar-refractivity contribution in [3.8, 4) is 5.75 Å². The van der Waals surface area contributed by atoms with Gasteiger partial charge in [0.25, 0.3) is 5.91 Å². The number of rotatable bonds is 4. The molecule has 0 bridgehead atoms. The van der Waals surface area contributed by atoms with Crippen LogP contribution in [0.4, 0.5) is 0 Å². The Morgan fingerprint density at radius 1 is 1.53 bits per heavy atom. The number of phenolic OH excluding ortho intramolecular Hbond substituents is 1. The van der Waals surface area contributed by atoms with E-state index >= 15 is 0 Å². The third-order valence-electron chi connectivity index (χ3n) is 3.02. The minimum absolute atomic E-state index is 0.0441. The molecule has 19 heavy (non-hydrogen) atoms. The summed E-state index contributed by atoms with van der Waals surface area (Å²) in [6, 6.07) is 3.65. The van der Waals surface area contributed by atoms with Gasteiger partial charge in [0.05, 0.1) is 11.6 Å². The second-order valence-corrected chi connectivity index (χ2v) is 4.91. The highest BCUT2D eigenvalue weighted by Gasteiger charge is 2.35. The Bertz CT molecular complexity index is 529. The molecule has 0 saturated heterocycles. The topological polar surface area (TPSA) is 108 Å². The number of hydrogen-bond donors (Lipinski definition) is 4. The molecule has 1 aliphatic rings. The molecular weight excluding hydrogens is 270 g/mol. The maximum absolute atomic E-state index is 12.1. The van der Waals surface area contributed by atoms with E-state index in [0.29, 0.717) is 5.02 Å². The predicted molar refractivity (Wildman–Crippen MR) is 70.5 cm³/mol. The van der Waals surface area contributed by atoms with Gasteiger partial charge in [-0.15, -0.1) is 0 Å². The molecule has 6 nitrogen and oxygen atoms in total. The summed E-state index contributed by atoms with van der Waals surface area (Å²) >= 11 is 5.78. The van der Waals surface area contributed by atoms with Gasteiger partial charge in [-0.3, -0.25) is 4.79 Å². The van der Waals surface area contributed by atoms with Crippen molar-refractivity contribution in [1.82, 2.24) is 5.32 Å². The van der Waals surface area contributed by atoms with E-state index in [2.05, 4.69) is 10.5 Å². The zero-order valence-electron chi connectivity index (χ0n) is 10.0. The van der Waals surface area contributed by atoms with Crippen molar-refractivity contribution in [2.45, 2.75) is 18.9 Å². The zero-order chi connectivity index (χ0) is 14.0. The number of nitrogens with one attached hydrogen (secondary N) is 1. The van der Waals surface area contributed by atoms with Crippen LogP contribution in [0.2, 0.25) is 5.02 Å². The zero-order valence-corrected chi connectivity index (χ0v) is 10.8. The first-order valence-electron chi connectivity index (χ1n) is 5.79. The van der Waals surface area contributed by atoms with E-state index in [0.717, 1.165) is 12.8 Å². The molecule has 0 heterocycles. The van der Waals surface area contributed by atoms with E-state index in [9.17, 15) is 9.90 Å². The van der Waals surface area contributed by atoms with E-state index in [1.807, 2.05) is 0 Å². The number of benzene rings is 1. The SMILES string of the molecule is NC(=NO)C(NC(=O)c1cc(Cl)ccc1O)C1CC1. The molecule has 0 radical (unpaired) electrons. The number of carbonyl (C=O) groups excluding carboxylic acids is 1. The fourth-order valence-corrected chi connectivity index (χ4v) is 2.01. The standard InChI is InChI=1S/C12H14ClN3O3/c13-7-3-4-9(17)8(5-7)12(18)15-10(6-1-2-6)11(14)16-19/h3-6,10,17,19H,1-2H2,(H2,14,16)(H,15,18). The first-order valence-corrected chi connectivity index (χ1v) is 6.17. The lowest BCUT2D eigenvalue weighted by Crippen LogP contribution is -2.46. The fourth-order valence-electron chi connectivity index (χ4n) is 1.83. The van der Waals surface area contributed by atoms with Gasteiger partial charge in [0.2, 0.25) is 0 Å². The van der Waals surface area contributed by atoms with Crippen molar-refractivity contribution in [3.63, 3.8) is 0 Å². The summed E-state index contributed by atoms with van der Waals surface area (Å²) in [4.78, 5) is 12.1. The average Bonchev–Trinajstić information content (AvgIpc) is 3.22. The molecule has 1 saturated carbocycles. The number of nitrogens with zero attached hydrogens (tertiary/aromatic N) is 1. The summed E-state index contributed by atoms with van der Waals surface area (Å²) in [6.45, 7) is 0. The monoisotopic (exact) mass is 283 g/mol. The number of hydrogen-bond acceptors (Lipinski definition) is 4. The lowest BCUT2D eigenvalue weighted by Gasteiger charge is -2.17. The molecule has 1 aromatic rings. The highest BCUT2D eigenvalue weighted by molar-refractivity contribution is 6.31. The van der Waals surface area contributed by atoms with E-state index in [1.54, 1.807) is 0 Å². The van der Waals surface area contributed by atoms with Gasteiger partial charge < -0.3 is 21.4 Å². The summed E-state index contributed by atoms with van der Waals surface area (Å²) < 4.78 is 0. The molecule has 0 spiro atoms. The molecule has 5 N–H and O–H groups in total. The Kier molecular flexibility index (Phi) is 3.80. The second-order valence-electron chi connectivity index (χ2n) is 4.47. The Labute approximate surface area is 114 Å². The maximum Gasteiger partial charge on any atom is 0.255 e. The van der Waals surface area contributed by atoms with Gasteiger partial charge in [0.15, 0.2) is 5.84 Å². The Morgan fingerprint density at radius 2 is 2.21 bits per heavy atom. The number of nitrogens with two attached hydrogens (primary N) is 1. The normalized spacial score (nSPS) is 17.0. The summed E-state index contributed by atoms with van der Waals surface area (Å²) in [5, 5.41) is 24.3. The molecule has 0 aromatic heterocycles. The number of amides is 1. The molecular formula is C12H14ClN3O3. The molecule has 2 rings (SSSR count). The van der Waals surface area contributed by atoms with Crippen LogP contribution in [0.1, 0.15) is 23.2 Å². The summed E-state index contributed by atoms with van der Waals surface area (Å²) in [5.41, 5.74) is 5.61. The van der Waals surface area contributed by atoms with Crippen LogP contribution in [0, 0.1) is 5.92 Å². The number of oxime groups is 1. The van der Waals surface area contributed by atoms with Crippen LogP contribution in [0.25, 0.3) is 0 Å². The first kappa shape index (κ1) is 13.5. The van der Waals surface area contributed by atoms with E-state index in [1.165, 1.54) is 18.2 Å². The number of halogens is 1. The van der Waals surface area contributed by atoms with Crippen molar-refractivity contribution in [3.05, 3.63) is 28.8 Å². The molecule has 0 aliphatic heterocycles. The number of aromatic hydroxyl groups is 1. The van der Waals surface area contributed by atoms with Gasteiger partial charge in [0.1, 0.15) is 5.75 Å². The van der Waals surface area contributed by atoms with E-state index in [-0.39, 0.29) is 23.1 Å². The van der Waals surface area contributed by atoms with Crippen LogP contribution in [0.3, 0.4) is 0 Å². The smallest absolute Gasteiger partial charge is 0.255 e. The number of amidine groups is 1. The number of carbonyl (C=O) groups is 1. The van der Waals surface area contributed by atoms with Crippen molar-refractivity contribution < 1.29 is 15.1 Å². The Balaban J connectivity index is 2.17. The lowest BCUT2D eigenvalue weighted by molar-refractivity contribution is 0.0940. The van der Waals surface area contributed by atoms with E-state index in [4.69, 9.17) is 22.5 Å². The fraction of sp³-hybridized carbons (Fsp3) is 0.333. The highest BCUT2D eigenvalue weighted by Crippen LogP contribution is 2.33. The molecule has 1 unspecified atom stereocenters. The van der Waals surface area contributed by atoms with Crippen molar-refractivity contribution in [1.29, 1.82) is 0 Å². The van der Waals surface area contributed by atoms with Gasteiger partial charge in [-0.2, -0.15) is 0 Å². The van der Waals surface area contributed by atoms with Crippen molar-refractivity contribution in [2.75, 3.05) is 0 Å². The predicted octanol–water partition coefficient (Wildman–Crippen LogP) is 1.30. The first-order chi connectivity index (χ1) is 9.02. The molecule has 1 aliphatic carbocycles. The molecule has 102 valence electrons. The van der Waals surface area contributed by atoms with Gasteiger partial charge in [-0.25, -0.2) is 0 Å². The number of phenols is 1. The molecule has 1 atom stereocenters. The molecule has 7 heteroatoms. The van der Waals surface area contributed by atoms with Crippen molar-refractivity contribution >= 4 is 23.3 Å². The van der Waals surface area contributed by atoms with Crippen LogP contribution in [-0.4, -0.2) is 28.1 Å².